The number of esters is 1. The van der Waals surface area contributed by atoms with Crippen molar-refractivity contribution in [2.24, 2.45) is 33.6 Å². The average molecular weight is 639 g/mol. The molecule has 1 aromatic heterocycles. The van der Waals surface area contributed by atoms with Crippen LogP contribution in [0.2, 0.25) is 0 Å². The number of aliphatic hydroxyl groups excluding tert-OH is 1. The van der Waals surface area contributed by atoms with Gasteiger partial charge in [0, 0.05) is 49.3 Å². The first kappa shape index (κ1) is 32.3. The maximum absolute atomic E-state index is 12.8. The molecule has 1 aromatic rings. The van der Waals surface area contributed by atoms with E-state index < -0.39 is 35.1 Å². The Morgan fingerprint density at radius 1 is 1.11 bits per heavy atom. The molecule has 46 heavy (non-hydrogen) atoms. The second kappa shape index (κ2) is 12.0. The molecule has 0 radical (unpaired) electrons. The number of rotatable bonds is 7. The molecule has 6 aliphatic rings. The molecule has 0 unspecified atom stereocenters. The Kier molecular flexibility index (Phi) is 8.46. The maximum Gasteiger partial charge on any atom is 0.331 e. The number of ether oxygens (including phenoxy) is 4. The maximum atomic E-state index is 12.8. The number of aromatic nitrogens is 1. The molecule has 3 N–H and O–H groups in total. The largest absolute Gasteiger partial charge is 0.458 e. The minimum Gasteiger partial charge on any atom is -0.458 e. The monoisotopic (exact) mass is 638 g/mol. The Bertz CT molecular complexity index is 1360. The molecule has 0 amide bonds. The SMILES string of the molecule is CO[C@@H]1C[C@H](O[C@@H]2CC[C@]3(C=NCc4ccccn4)[C@H]4CC[C@]5(C)[C@H](C6=CC(=O)OC6)CC[C@]5(O)[C@@H]4CC[C@]3(O)C2)O[C@@H](C)[C@H]1O. The summed E-state index contributed by atoms with van der Waals surface area (Å²) in [6, 6.07) is 5.81. The molecule has 0 bridgehead atoms. The molecule has 1 saturated heterocycles. The van der Waals surface area contributed by atoms with Crippen LogP contribution in [0.25, 0.3) is 0 Å². The van der Waals surface area contributed by atoms with Gasteiger partial charge in [-0.2, -0.15) is 0 Å². The number of aliphatic imine (C=N–C) groups is 1. The first-order valence-electron chi connectivity index (χ1n) is 17.3. The van der Waals surface area contributed by atoms with Gasteiger partial charge in [-0.05, 0) is 93.7 Å². The van der Waals surface area contributed by atoms with Crippen molar-refractivity contribution in [3.8, 4) is 0 Å². The van der Waals surface area contributed by atoms with E-state index in [9.17, 15) is 20.1 Å². The number of nitrogens with zero attached hydrogens (tertiary/aromatic N) is 2. The molecule has 5 fully saturated rings. The number of cyclic esters (lactones) is 1. The lowest BCUT2D eigenvalue weighted by molar-refractivity contribution is -0.284. The van der Waals surface area contributed by atoms with Crippen LogP contribution in [0.15, 0.2) is 41.0 Å². The summed E-state index contributed by atoms with van der Waals surface area (Å²) in [5.41, 5.74) is -1.09. The van der Waals surface area contributed by atoms with Crippen molar-refractivity contribution >= 4 is 12.2 Å². The highest BCUT2D eigenvalue weighted by atomic mass is 16.7. The zero-order valence-electron chi connectivity index (χ0n) is 27.3. The zero-order valence-corrected chi connectivity index (χ0v) is 27.3. The number of hydrogen-bond donors (Lipinski definition) is 3. The molecule has 4 aliphatic carbocycles. The first-order valence-corrected chi connectivity index (χ1v) is 17.3. The fourth-order valence-electron chi connectivity index (χ4n) is 10.8. The minimum atomic E-state index is -1.07. The minimum absolute atomic E-state index is 0.000364. The van der Waals surface area contributed by atoms with E-state index >= 15 is 0 Å². The van der Waals surface area contributed by atoms with Crippen molar-refractivity contribution in [3.05, 3.63) is 41.7 Å². The summed E-state index contributed by atoms with van der Waals surface area (Å²) in [6.07, 6.45) is 9.93. The zero-order chi connectivity index (χ0) is 32.3. The van der Waals surface area contributed by atoms with Gasteiger partial charge in [0.1, 0.15) is 12.7 Å². The van der Waals surface area contributed by atoms with E-state index in [-0.39, 0.29) is 41.3 Å². The summed E-state index contributed by atoms with van der Waals surface area (Å²) in [7, 11) is 1.59. The average Bonchev–Trinajstić information content (AvgIpc) is 3.58. The van der Waals surface area contributed by atoms with Crippen LogP contribution in [0.1, 0.15) is 83.7 Å². The van der Waals surface area contributed by atoms with Crippen LogP contribution in [0, 0.1) is 28.6 Å². The topological polar surface area (TPSA) is 140 Å². The number of carbonyl (C=O) groups excluding carboxylic acids is 1. The summed E-state index contributed by atoms with van der Waals surface area (Å²) in [6.45, 7) is 4.79. The molecule has 10 nitrogen and oxygen atoms in total. The summed E-state index contributed by atoms with van der Waals surface area (Å²) >= 11 is 0. The van der Waals surface area contributed by atoms with E-state index in [1.807, 2.05) is 31.3 Å². The van der Waals surface area contributed by atoms with Crippen LogP contribution in [0.4, 0.5) is 0 Å². The van der Waals surface area contributed by atoms with Crippen molar-refractivity contribution < 1.29 is 39.1 Å². The van der Waals surface area contributed by atoms with Crippen LogP contribution < -0.4 is 0 Å². The molecular weight excluding hydrogens is 588 g/mol. The Morgan fingerprint density at radius 2 is 1.93 bits per heavy atom. The molecule has 0 spiro atoms. The van der Waals surface area contributed by atoms with Crippen molar-refractivity contribution in [1.82, 2.24) is 4.98 Å². The predicted molar refractivity (Wildman–Crippen MR) is 169 cm³/mol. The fourth-order valence-corrected chi connectivity index (χ4v) is 10.8. The standard InChI is InChI=1S/C36H50N2O8/c1-22-32(40)29(43-3)17-31(45-22)46-25-7-12-34(21-37-19-24-6-4-5-15-38-24)27-8-11-33(2)26(23-16-30(39)44-20-23)10-14-36(33,42)28(27)9-13-35(34,41)18-25/h4-6,15-16,21-22,25-29,31-32,40-42H,7-14,17-20H2,1-3H3/t22-,25+,26-,27-,28+,29+,31-,32+,33+,34-,35-,36-/m0/s1. The van der Waals surface area contributed by atoms with Gasteiger partial charge in [-0.1, -0.05) is 13.0 Å². The van der Waals surface area contributed by atoms with E-state index in [0.717, 1.165) is 37.0 Å². The van der Waals surface area contributed by atoms with E-state index in [4.69, 9.17) is 23.9 Å². The van der Waals surface area contributed by atoms with E-state index in [2.05, 4.69) is 11.9 Å². The molecule has 3 heterocycles. The molecule has 7 rings (SSSR count). The van der Waals surface area contributed by atoms with Crippen LogP contribution in [-0.4, -0.2) is 88.1 Å². The van der Waals surface area contributed by atoms with E-state index in [1.165, 1.54) is 0 Å². The van der Waals surface area contributed by atoms with Crippen molar-refractivity contribution in [1.29, 1.82) is 0 Å². The summed E-state index contributed by atoms with van der Waals surface area (Å²) in [5, 5.41) is 36.0. The normalized spacial score (nSPS) is 47.2. The number of pyridine rings is 1. The van der Waals surface area contributed by atoms with Gasteiger partial charge in [0.2, 0.25) is 0 Å². The van der Waals surface area contributed by atoms with Crippen molar-refractivity contribution in [2.45, 2.75) is 127 Å². The van der Waals surface area contributed by atoms with Gasteiger partial charge in [-0.25, -0.2) is 4.79 Å². The molecule has 12 atom stereocenters. The van der Waals surface area contributed by atoms with Crippen LogP contribution in [-0.2, 0) is 30.3 Å². The Labute approximate surface area is 271 Å². The summed E-state index contributed by atoms with van der Waals surface area (Å²) in [5.74, 6) is -0.128. The second-order valence-electron chi connectivity index (χ2n) is 15.2. The molecule has 2 aliphatic heterocycles. The van der Waals surface area contributed by atoms with Crippen molar-refractivity contribution in [2.75, 3.05) is 13.7 Å². The van der Waals surface area contributed by atoms with Crippen molar-refractivity contribution in [3.63, 3.8) is 0 Å². The first-order chi connectivity index (χ1) is 22.0. The Balaban J connectivity index is 1.17. The third kappa shape index (κ3) is 5.10. The lowest BCUT2D eigenvalue weighted by Gasteiger charge is -2.66. The molecule has 0 aromatic carbocycles. The number of hydrogen-bond acceptors (Lipinski definition) is 10. The smallest absolute Gasteiger partial charge is 0.331 e. The van der Waals surface area contributed by atoms with Gasteiger partial charge in [-0.3, -0.25) is 9.98 Å². The molecule has 252 valence electrons. The van der Waals surface area contributed by atoms with Crippen LogP contribution in [0.5, 0.6) is 0 Å². The molecule has 4 saturated carbocycles. The van der Waals surface area contributed by atoms with Crippen LogP contribution in [0.3, 0.4) is 0 Å². The van der Waals surface area contributed by atoms with Gasteiger partial charge < -0.3 is 34.3 Å². The number of fused-ring (bicyclic) bond motifs is 5. The quantitative estimate of drug-likeness (QED) is 0.231. The van der Waals surface area contributed by atoms with Crippen LogP contribution >= 0.6 is 0 Å². The Hall–Kier alpha value is -2.21. The molecule has 10 heteroatoms. The van der Waals surface area contributed by atoms with Gasteiger partial charge in [0.25, 0.3) is 0 Å². The lowest BCUT2D eigenvalue weighted by atomic mass is 9.41. The lowest BCUT2D eigenvalue weighted by Crippen LogP contribution is -2.69. The Morgan fingerprint density at radius 3 is 2.67 bits per heavy atom. The third-order valence-electron chi connectivity index (χ3n) is 13.2. The number of aliphatic hydroxyl groups is 3. The highest BCUT2D eigenvalue weighted by Gasteiger charge is 2.71. The van der Waals surface area contributed by atoms with E-state index in [1.54, 1.807) is 19.4 Å². The van der Waals surface area contributed by atoms with E-state index in [0.29, 0.717) is 51.7 Å². The second-order valence-corrected chi connectivity index (χ2v) is 15.2. The fraction of sp³-hybridized carbons (Fsp3) is 0.750. The van der Waals surface area contributed by atoms with Gasteiger partial charge >= 0.3 is 5.97 Å². The predicted octanol–water partition coefficient (Wildman–Crippen LogP) is 3.90. The van der Waals surface area contributed by atoms with Gasteiger partial charge in [0.05, 0.1) is 41.8 Å². The number of carbonyl (C=O) groups is 1. The summed E-state index contributed by atoms with van der Waals surface area (Å²) < 4.78 is 23.4. The third-order valence-corrected chi connectivity index (χ3v) is 13.2. The van der Waals surface area contributed by atoms with Gasteiger partial charge in [-0.15, -0.1) is 0 Å². The molecular formula is C36H50N2O8. The number of methoxy groups -OCH3 is 1. The van der Waals surface area contributed by atoms with Gasteiger partial charge in [0.15, 0.2) is 6.29 Å². The highest BCUT2D eigenvalue weighted by Crippen LogP contribution is 2.70. The summed E-state index contributed by atoms with van der Waals surface area (Å²) in [4.78, 5) is 21.4. The highest BCUT2D eigenvalue weighted by molar-refractivity contribution is 5.85.